The molecule has 2 N–H and O–H groups in total. The van der Waals surface area contributed by atoms with Crippen molar-refractivity contribution in [1.29, 1.82) is 0 Å². The van der Waals surface area contributed by atoms with Crippen molar-refractivity contribution in [3.05, 3.63) is 0 Å². The van der Waals surface area contributed by atoms with E-state index in [2.05, 4.69) is 20.8 Å². The Morgan fingerprint density at radius 1 is 0.407 bits per heavy atom. The largest absolute Gasteiger partial charge is 0.330 e. The molecule has 0 amide bonds. The maximum atomic E-state index is 5.52. The zero-order valence-corrected chi connectivity index (χ0v) is 20.2. The van der Waals surface area contributed by atoms with Crippen molar-refractivity contribution in [2.45, 2.75) is 149 Å². The summed E-state index contributed by atoms with van der Waals surface area (Å²) in [4.78, 5) is 0. The monoisotopic (exact) mass is 403 g/mol. The summed E-state index contributed by atoms with van der Waals surface area (Å²) in [5.74, 6) is 0. The first-order chi connectivity index (χ1) is 12.6. The van der Waals surface area contributed by atoms with Crippen LogP contribution in [0.3, 0.4) is 0 Å². The van der Waals surface area contributed by atoms with E-state index in [0.29, 0.717) is 5.41 Å². The molecule has 0 aliphatic heterocycles. The molecule has 0 aliphatic rings. The van der Waals surface area contributed by atoms with E-state index >= 15 is 0 Å². The van der Waals surface area contributed by atoms with Gasteiger partial charge in [-0.25, -0.2) is 0 Å². The van der Waals surface area contributed by atoms with Crippen molar-refractivity contribution >= 4 is 12.4 Å². The predicted octanol–water partition coefficient (Wildman–Crippen LogP) is 9.22. The molecule has 0 saturated heterocycles. The first kappa shape index (κ1) is 29.5. The first-order valence-electron chi connectivity index (χ1n) is 12.3. The van der Waals surface area contributed by atoms with Gasteiger partial charge in [-0.3, -0.25) is 0 Å². The minimum absolute atomic E-state index is 0. The maximum absolute atomic E-state index is 5.52. The van der Waals surface area contributed by atoms with Crippen LogP contribution in [0, 0.1) is 5.41 Å². The summed E-state index contributed by atoms with van der Waals surface area (Å²) in [6, 6.07) is 0. The average Bonchev–Trinajstić information content (AvgIpc) is 2.59. The Kier molecular flexibility index (Phi) is 24.6. The molecule has 0 atom stereocenters. The third-order valence-corrected chi connectivity index (χ3v) is 5.63. The van der Waals surface area contributed by atoms with Gasteiger partial charge in [-0.2, -0.15) is 0 Å². The van der Waals surface area contributed by atoms with E-state index in [1.807, 2.05) is 0 Å². The highest BCUT2D eigenvalue weighted by Gasteiger charge is 2.08. The van der Waals surface area contributed by atoms with Gasteiger partial charge in [0.2, 0.25) is 0 Å². The molecule has 0 rings (SSSR count). The molecule has 1 nitrogen and oxygen atoms in total. The van der Waals surface area contributed by atoms with Gasteiger partial charge < -0.3 is 5.73 Å². The second-order valence-corrected chi connectivity index (χ2v) is 9.82. The van der Waals surface area contributed by atoms with E-state index < -0.39 is 0 Å². The lowest BCUT2D eigenvalue weighted by Crippen LogP contribution is -2.03. The van der Waals surface area contributed by atoms with Gasteiger partial charge in [0.15, 0.2) is 0 Å². The molecule has 0 aromatic heterocycles. The van der Waals surface area contributed by atoms with Crippen LogP contribution in [0.4, 0.5) is 0 Å². The van der Waals surface area contributed by atoms with Crippen molar-refractivity contribution in [2.75, 3.05) is 6.54 Å². The molecule has 0 unspecified atom stereocenters. The Morgan fingerprint density at radius 3 is 0.852 bits per heavy atom. The summed E-state index contributed by atoms with van der Waals surface area (Å²) in [7, 11) is 0. The molecule has 27 heavy (non-hydrogen) atoms. The van der Waals surface area contributed by atoms with Crippen LogP contribution in [-0.2, 0) is 0 Å². The molecule has 0 spiro atoms. The van der Waals surface area contributed by atoms with E-state index in [0.717, 1.165) is 6.54 Å². The fraction of sp³-hybridized carbons (Fsp3) is 1.00. The van der Waals surface area contributed by atoms with Gasteiger partial charge in [0.05, 0.1) is 0 Å². The van der Waals surface area contributed by atoms with E-state index in [4.69, 9.17) is 5.73 Å². The molecule has 2 heteroatoms. The van der Waals surface area contributed by atoms with Crippen LogP contribution in [0.15, 0.2) is 0 Å². The van der Waals surface area contributed by atoms with Crippen molar-refractivity contribution in [3.8, 4) is 0 Å². The van der Waals surface area contributed by atoms with Crippen LogP contribution < -0.4 is 5.73 Å². The SMILES string of the molecule is CC(C)(C)CCCCCCCCCCCCCCCCCCCCCN.Cl. The molecular weight excluding hydrogens is 350 g/mol. The molecule has 0 aliphatic carbocycles. The highest BCUT2D eigenvalue weighted by Crippen LogP contribution is 2.22. The minimum atomic E-state index is 0. The van der Waals surface area contributed by atoms with Crippen molar-refractivity contribution in [3.63, 3.8) is 0 Å². The van der Waals surface area contributed by atoms with Crippen molar-refractivity contribution in [1.82, 2.24) is 0 Å². The van der Waals surface area contributed by atoms with E-state index in [-0.39, 0.29) is 12.4 Å². The number of halogens is 1. The summed E-state index contributed by atoms with van der Waals surface area (Å²) >= 11 is 0. The molecule has 0 heterocycles. The van der Waals surface area contributed by atoms with Gasteiger partial charge in [0.1, 0.15) is 0 Å². The lowest BCUT2D eigenvalue weighted by molar-refractivity contribution is 0.356. The number of hydrogen-bond acceptors (Lipinski definition) is 1. The van der Waals surface area contributed by atoms with Crippen LogP contribution in [0.5, 0.6) is 0 Å². The molecule has 0 saturated carbocycles. The van der Waals surface area contributed by atoms with Crippen LogP contribution in [-0.4, -0.2) is 6.54 Å². The Morgan fingerprint density at radius 2 is 0.630 bits per heavy atom. The first-order valence-corrected chi connectivity index (χ1v) is 12.3. The fourth-order valence-corrected chi connectivity index (χ4v) is 3.80. The van der Waals surface area contributed by atoms with E-state index in [1.165, 1.54) is 128 Å². The Labute approximate surface area is 179 Å². The summed E-state index contributed by atoms with van der Waals surface area (Å²) < 4.78 is 0. The van der Waals surface area contributed by atoms with Gasteiger partial charge in [-0.05, 0) is 24.8 Å². The highest BCUT2D eigenvalue weighted by atomic mass is 35.5. The average molecular weight is 404 g/mol. The standard InChI is InChI=1S/C25H53N.ClH/c1-25(2,3)23-21-19-17-15-13-11-9-7-5-4-6-8-10-12-14-16-18-20-22-24-26;/h4-24,26H2,1-3H3;1H. The zero-order valence-electron chi connectivity index (χ0n) is 19.3. The van der Waals surface area contributed by atoms with Crippen LogP contribution >= 0.6 is 12.4 Å². The molecular formula is C25H54ClN. The van der Waals surface area contributed by atoms with Gasteiger partial charge in [0.25, 0.3) is 0 Å². The summed E-state index contributed by atoms with van der Waals surface area (Å²) in [5, 5.41) is 0. The maximum Gasteiger partial charge on any atom is -0.00773 e. The smallest absolute Gasteiger partial charge is 0.00773 e. The number of rotatable bonds is 20. The van der Waals surface area contributed by atoms with E-state index in [1.54, 1.807) is 0 Å². The molecule has 0 aromatic rings. The second-order valence-electron chi connectivity index (χ2n) is 9.82. The quantitative estimate of drug-likeness (QED) is 0.201. The highest BCUT2D eigenvalue weighted by molar-refractivity contribution is 5.85. The summed E-state index contributed by atoms with van der Waals surface area (Å²) in [6.45, 7) is 7.95. The third-order valence-electron chi connectivity index (χ3n) is 5.63. The number of hydrogen-bond donors (Lipinski definition) is 1. The van der Waals surface area contributed by atoms with Gasteiger partial charge >= 0.3 is 0 Å². The van der Waals surface area contributed by atoms with Crippen LogP contribution in [0.25, 0.3) is 0 Å². The lowest BCUT2D eigenvalue weighted by atomic mass is 9.89. The Balaban J connectivity index is 0. The summed E-state index contributed by atoms with van der Waals surface area (Å²) in [6.07, 6.45) is 28.7. The fourth-order valence-electron chi connectivity index (χ4n) is 3.80. The third kappa shape index (κ3) is 28.6. The molecule has 0 fully saturated rings. The number of unbranched alkanes of at least 4 members (excludes halogenated alkanes) is 18. The molecule has 0 bridgehead atoms. The predicted molar refractivity (Wildman–Crippen MR) is 128 cm³/mol. The topological polar surface area (TPSA) is 26.0 Å². The zero-order chi connectivity index (χ0) is 19.3. The normalized spacial score (nSPS) is 11.6. The van der Waals surface area contributed by atoms with Crippen molar-refractivity contribution in [2.24, 2.45) is 11.1 Å². The van der Waals surface area contributed by atoms with Gasteiger partial charge in [0, 0.05) is 0 Å². The van der Waals surface area contributed by atoms with Crippen LogP contribution in [0.1, 0.15) is 149 Å². The lowest BCUT2D eigenvalue weighted by Gasteiger charge is -2.17. The van der Waals surface area contributed by atoms with Crippen LogP contribution in [0.2, 0.25) is 0 Å². The minimum Gasteiger partial charge on any atom is -0.330 e. The van der Waals surface area contributed by atoms with Gasteiger partial charge in [-0.15, -0.1) is 12.4 Å². The van der Waals surface area contributed by atoms with E-state index in [9.17, 15) is 0 Å². The Bertz CT molecular complexity index is 260. The van der Waals surface area contributed by atoms with Gasteiger partial charge in [-0.1, -0.05) is 136 Å². The Hall–Kier alpha value is 0.250. The second kappa shape index (κ2) is 22.5. The molecule has 166 valence electrons. The summed E-state index contributed by atoms with van der Waals surface area (Å²) in [5.41, 5.74) is 6.05. The molecule has 0 aromatic carbocycles. The molecule has 0 radical (unpaired) electrons. The number of nitrogens with two attached hydrogens (primary N) is 1. The van der Waals surface area contributed by atoms with Crippen molar-refractivity contribution < 1.29 is 0 Å².